The summed E-state index contributed by atoms with van der Waals surface area (Å²) in [5, 5.41) is 3.90. The van der Waals surface area contributed by atoms with Gasteiger partial charge < -0.3 is 9.47 Å². The van der Waals surface area contributed by atoms with E-state index in [1.807, 2.05) is 19.1 Å². The van der Waals surface area contributed by atoms with Crippen LogP contribution in [0, 0.1) is 12.8 Å². The van der Waals surface area contributed by atoms with E-state index in [1.54, 1.807) is 26.8 Å². The summed E-state index contributed by atoms with van der Waals surface area (Å²) in [5.74, 6) is -0.718. The van der Waals surface area contributed by atoms with Crippen LogP contribution in [-0.4, -0.2) is 30.8 Å². The fourth-order valence-electron chi connectivity index (χ4n) is 1.58. The molecule has 0 saturated heterocycles. The van der Waals surface area contributed by atoms with Gasteiger partial charge >= 0.3 is 5.97 Å². The van der Waals surface area contributed by atoms with Crippen molar-refractivity contribution in [1.29, 1.82) is 0 Å². The molecule has 1 atom stereocenters. The Morgan fingerprint density at radius 3 is 2.70 bits per heavy atom. The SMILES string of the molecule is CCOC(=O)C(C)C(C)=NNC(=O)COc1ccc(C)cc1Br. The van der Waals surface area contributed by atoms with Crippen LogP contribution in [0.1, 0.15) is 26.3 Å². The Morgan fingerprint density at radius 1 is 1.39 bits per heavy atom. The highest BCUT2D eigenvalue weighted by Gasteiger charge is 2.17. The van der Waals surface area contributed by atoms with Crippen molar-refractivity contribution in [3.63, 3.8) is 0 Å². The number of hydrazone groups is 1. The minimum atomic E-state index is -0.512. The number of benzene rings is 1. The van der Waals surface area contributed by atoms with Crippen molar-refractivity contribution >= 4 is 33.5 Å². The molecule has 23 heavy (non-hydrogen) atoms. The Morgan fingerprint density at radius 2 is 2.09 bits per heavy atom. The second kappa shape index (κ2) is 9.29. The second-order valence-electron chi connectivity index (χ2n) is 4.98. The maximum absolute atomic E-state index is 11.7. The van der Waals surface area contributed by atoms with E-state index >= 15 is 0 Å². The highest BCUT2D eigenvalue weighted by molar-refractivity contribution is 9.10. The number of esters is 1. The predicted molar refractivity (Wildman–Crippen MR) is 91.4 cm³/mol. The van der Waals surface area contributed by atoms with Gasteiger partial charge in [-0.3, -0.25) is 9.59 Å². The number of hydrogen-bond donors (Lipinski definition) is 1. The lowest BCUT2D eigenvalue weighted by Crippen LogP contribution is -2.28. The lowest BCUT2D eigenvalue weighted by Gasteiger charge is -2.11. The van der Waals surface area contributed by atoms with E-state index in [-0.39, 0.29) is 12.6 Å². The second-order valence-corrected chi connectivity index (χ2v) is 5.84. The first-order valence-corrected chi connectivity index (χ1v) is 8.03. The van der Waals surface area contributed by atoms with Gasteiger partial charge in [0.1, 0.15) is 5.75 Å². The van der Waals surface area contributed by atoms with Crippen molar-refractivity contribution in [3.8, 4) is 5.75 Å². The average Bonchev–Trinajstić information content (AvgIpc) is 2.51. The lowest BCUT2D eigenvalue weighted by atomic mass is 10.1. The maximum Gasteiger partial charge on any atom is 0.314 e. The molecule has 1 aromatic rings. The molecular weight excluding hydrogens is 364 g/mol. The number of aryl methyl sites for hydroxylation is 1. The molecule has 0 heterocycles. The molecule has 0 aliphatic rings. The summed E-state index contributed by atoms with van der Waals surface area (Å²) in [6.45, 7) is 7.15. The van der Waals surface area contributed by atoms with Gasteiger partial charge in [-0.25, -0.2) is 5.43 Å². The predicted octanol–water partition coefficient (Wildman–Crippen LogP) is 2.83. The van der Waals surface area contributed by atoms with Gasteiger partial charge in [0.15, 0.2) is 6.61 Å². The molecule has 1 aromatic carbocycles. The molecule has 126 valence electrons. The molecule has 0 aliphatic heterocycles. The van der Waals surface area contributed by atoms with Gasteiger partial charge in [0, 0.05) is 5.71 Å². The minimum absolute atomic E-state index is 0.174. The van der Waals surface area contributed by atoms with E-state index < -0.39 is 11.8 Å². The quantitative estimate of drug-likeness (QED) is 0.445. The maximum atomic E-state index is 11.7. The van der Waals surface area contributed by atoms with Crippen LogP contribution in [0.15, 0.2) is 27.8 Å². The van der Waals surface area contributed by atoms with E-state index in [0.717, 1.165) is 10.0 Å². The molecule has 0 spiro atoms. The summed E-state index contributed by atoms with van der Waals surface area (Å²) in [5.41, 5.74) is 3.91. The summed E-state index contributed by atoms with van der Waals surface area (Å²) in [4.78, 5) is 23.3. The third-order valence-corrected chi connectivity index (χ3v) is 3.69. The minimum Gasteiger partial charge on any atom is -0.483 e. The Labute approximate surface area is 144 Å². The van der Waals surface area contributed by atoms with E-state index in [2.05, 4.69) is 26.5 Å². The highest BCUT2D eigenvalue weighted by Crippen LogP contribution is 2.25. The molecule has 0 radical (unpaired) electrons. The number of carbonyl (C=O) groups excluding carboxylic acids is 2. The lowest BCUT2D eigenvalue weighted by molar-refractivity contribution is -0.145. The van der Waals surface area contributed by atoms with Gasteiger partial charge in [0.05, 0.1) is 17.0 Å². The Bertz CT molecular complexity index is 602. The Balaban J connectivity index is 2.50. The van der Waals surface area contributed by atoms with Crippen LogP contribution in [0.5, 0.6) is 5.75 Å². The molecule has 0 saturated carbocycles. The van der Waals surface area contributed by atoms with Gasteiger partial charge in [-0.1, -0.05) is 6.07 Å². The molecule has 0 fully saturated rings. The normalized spacial score (nSPS) is 12.5. The van der Waals surface area contributed by atoms with E-state index in [4.69, 9.17) is 9.47 Å². The van der Waals surface area contributed by atoms with Crippen molar-refractivity contribution < 1.29 is 19.1 Å². The van der Waals surface area contributed by atoms with Gasteiger partial charge in [-0.15, -0.1) is 0 Å². The summed E-state index contributed by atoms with van der Waals surface area (Å²) in [7, 11) is 0. The first kappa shape index (κ1) is 19.2. The van der Waals surface area contributed by atoms with Crippen LogP contribution in [0.4, 0.5) is 0 Å². The Hall–Kier alpha value is -1.89. The summed E-state index contributed by atoms with van der Waals surface area (Å²) >= 11 is 3.37. The molecule has 1 rings (SSSR count). The number of halogens is 1. The third kappa shape index (κ3) is 6.40. The molecule has 0 aromatic heterocycles. The molecular formula is C16H21BrN2O4. The first-order chi connectivity index (χ1) is 10.8. The summed E-state index contributed by atoms with van der Waals surface area (Å²) in [6.07, 6.45) is 0. The summed E-state index contributed by atoms with van der Waals surface area (Å²) in [6, 6.07) is 5.57. The number of ether oxygens (including phenoxy) is 2. The van der Waals surface area contributed by atoms with Gasteiger partial charge in [-0.05, 0) is 61.3 Å². The van der Waals surface area contributed by atoms with Crippen molar-refractivity contribution in [2.75, 3.05) is 13.2 Å². The van der Waals surface area contributed by atoms with Crippen LogP contribution in [0.2, 0.25) is 0 Å². The fraction of sp³-hybridized carbons (Fsp3) is 0.438. The standard InChI is InChI=1S/C16H21BrN2O4/c1-5-22-16(21)11(3)12(4)18-19-15(20)9-23-14-7-6-10(2)8-13(14)17/h6-8,11H,5,9H2,1-4H3,(H,19,20). The molecule has 0 bridgehead atoms. The monoisotopic (exact) mass is 384 g/mol. The first-order valence-electron chi connectivity index (χ1n) is 7.23. The molecule has 6 nitrogen and oxygen atoms in total. The van der Waals surface area contributed by atoms with E-state index in [0.29, 0.717) is 18.1 Å². The van der Waals surface area contributed by atoms with Gasteiger partial charge in [-0.2, -0.15) is 5.10 Å². The van der Waals surface area contributed by atoms with E-state index in [9.17, 15) is 9.59 Å². The van der Waals surface area contributed by atoms with Crippen LogP contribution < -0.4 is 10.2 Å². The molecule has 1 amide bonds. The van der Waals surface area contributed by atoms with Crippen molar-refractivity contribution in [1.82, 2.24) is 5.43 Å². The smallest absolute Gasteiger partial charge is 0.314 e. The van der Waals surface area contributed by atoms with Crippen molar-refractivity contribution in [2.24, 2.45) is 11.0 Å². The van der Waals surface area contributed by atoms with Crippen LogP contribution in [0.25, 0.3) is 0 Å². The Kier molecular flexibility index (Phi) is 7.74. The van der Waals surface area contributed by atoms with Gasteiger partial charge in [0.2, 0.25) is 0 Å². The van der Waals surface area contributed by atoms with Crippen LogP contribution in [-0.2, 0) is 14.3 Å². The number of nitrogens with zero attached hydrogens (tertiary/aromatic N) is 1. The zero-order valence-corrected chi connectivity index (χ0v) is 15.3. The number of hydrogen-bond acceptors (Lipinski definition) is 5. The third-order valence-electron chi connectivity index (χ3n) is 3.07. The highest BCUT2D eigenvalue weighted by atomic mass is 79.9. The molecule has 7 heteroatoms. The van der Waals surface area contributed by atoms with Crippen molar-refractivity contribution in [2.45, 2.75) is 27.7 Å². The largest absolute Gasteiger partial charge is 0.483 e. The fourth-order valence-corrected chi connectivity index (χ4v) is 2.19. The number of nitrogens with one attached hydrogen (secondary N) is 1. The molecule has 0 aliphatic carbocycles. The van der Waals surface area contributed by atoms with Crippen molar-refractivity contribution in [3.05, 3.63) is 28.2 Å². The zero-order chi connectivity index (χ0) is 17.4. The molecule has 1 unspecified atom stereocenters. The number of rotatable bonds is 7. The topological polar surface area (TPSA) is 77.0 Å². The van der Waals surface area contributed by atoms with Gasteiger partial charge in [0.25, 0.3) is 5.91 Å². The number of amides is 1. The van der Waals surface area contributed by atoms with Crippen LogP contribution >= 0.6 is 15.9 Å². The zero-order valence-electron chi connectivity index (χ0n) is 13.7. The average molecular weight is 385 g/mol. The number of carbonyl (C=O) groups is 2. The van der Waals surface area contributed by atoms with Crippen LogP contribution in [0.3, 0.4) is 0 Å². The van der Waals surface area contributed by atoms with E-state index in [1.165, 1.54) is 0 Å². The molecule has 1 N–H and O–H groups in total. The summed E-state index contributed by atoms with van der Waals surface area (Å²) < 4.78 is 11.1.